The monoisotopic (exact) mass is 242 g/mol. The van der Waals surface area contributed by atoms with Crippen molar-refractivity contribution in [1.29, 1.82) is 0 Å². The lowest BCUT2D eigenvalue weighted by Crippen LogP contribution is -2.70. The Hall–Kier alpha value is -1.56. The Labute approximate surface area is 97.3 Å². The summed E-state index contributed by atoms with van der Waals surface area (Å²) < 4.78 is 12.7. The van der Waals surface area contributed by atoms with E-state index in [9.17, 15) is 9.18 Å². The van der Waals surface area contributed by atoms with Crippen LogP contribution >= 0.6 is 11.8 Å². The number of hydrogen-bond donors (Lipinski definition) is 3. The fourth-order valence-electron chi connectivity index (χ4n) is 0.963. The van der Waals surface area contributed by atoms with Crippen molar-refractivity contribution in [3.63, 3.8) is 0 Å². The number of amides is 2. The molecular formula is C10H13FN3OS+. The summed E-state index contributed by atoms with van der Waals surface area (Å²) in [6.45, 7) is 0. The third-order valence-corrected chi connectivity index (χ3v) is 2.37. The van der Waals surface area contributed by atoms with Crippen molar-refractivity contribution in [2.24, 2.45) is 0 Å². The summed E-state index contributed by atoms with van der Waals surface area (Å²) in [5, 5.41) is 5.62. The minimum absolute atomic E-state index is 0.296. The van der Waals surface area contributed by atoms with E-state index in [1.807, 2.05) is 6.26 Å². The molecule has 0 aliphatic rings. The molecule has 16 heavy (non-hydrogen) atoms. The quantitative estimate of drug-likeness (QED) is 0.486. The zero-order valence-corrected chi connectivity index (χ0v) is 9.82. The molecular weight excluding hydrogens is 229 g/mol. The van der Waals surface area contributed by atoms with Gasteiger partial charge in [-0.15, -0.1) is 0 Å². The molecule has 0 atom stereocenters. The van der Waals surface area contributed by atoms with Gasteiger partial charge in [-0.2, -0.15) is 5.32 Å². The Balaban J connectivity index is 2.79. The standard InChI is InChI=1S/C10H12FN3OS/c1-12-9(15)14-10(16-2)13-8-5-3-7(11)4-6-8/h3-6H,1-2H3,(H2,12,13,14,15)/p+1. The van der Waals surface area contributed by atoms with Crippen molar-refractivity contribution in [2.45, 2.75) is 0 Å². The maximum absolute atomic E-state index is 12.7. The summed E-state index contributed by atoms with van der Waals surface area (Å²) in [5.41, 5.74) is 0.710. The number of urea groups is 1. The predicted octanol–water partition coefficient (Wildman–Crippen LogP) is 0.186. The first-order chi connectivity index (χ1) is 7.65. The number of carbonyl (C=O) groups excluding carboxylic acids is 1. The fraction of sp³-hybridized carbons (Fsp3) is 0.200. The van der Waals surface area contributed by atoms with Crippen molar-refractivity contribution in [3.8, 4) is 0 Å². The van der Waals surface area contributed by atoms with Gasteiger partial charge in [-0.1, -0.05) is 0 Å². The third-order valence-electron chi connectivity index (χ3n) is 1.76. The van der Waals surface area contributed by atoms with E-state index >= 15 is 0 Å². The molecule has 0 unspecified atom stereocenters. The van der Waals surface area contributed by atoms with E-state index in [-0.39, 0.29) is 11.8 Å². The number of halogens is 1. The summed E-state index contributed by atoms with van der Waals surface area (Å²) in [6, 6.07) is 5.58. The highest BCUT2D eigenvalue weighted by molar-refractivity contribution is 8.13. The fourth-order valence-corrected chi connectivity index (χ4v) is 1.38. The normalized spacial score (nSPS) is 11.1. The molecule has 0 saturated heterocycles. The molecule has 2 amide bonds. The van der Waals surface area contributed by atoms with Crippen molar-refractivity contribution in [1.82, 2.24) is 10.6 Å². The zero-order valence-electron chi connectivity index (χ0n) is 9.00. The summed E-state index contributed by atoms with van der Waals surface area (Å²) in [5.74, 6) is -0.296. The molecule has 0 aromatic heterocycles. The zero-order chi connectivity index (χ0) is 12.0. The highest BCUT2D eigenvalue weighted by atomic mass is 32.2. The lowest BCUT2D eigenvalue weighted by atomic mass is 10.3. The van der Waals surface area contributed by atoms with Crippen LogP contribution in [0.25, 0.3) is 0 Å². The molecule has 1 rings (SSSR count). The van der Waals surface area contributed by atoms with Crippen LogP contribution in [0.4, 0.5) is 14.9 Å². The topological polar surface area (TPSA) is 55.1 Å². The van der Waals surface area contributed by atoms with Crippen molar-refractivity contribution in [3.05, 3.63) is 30.1 Å². The van der Waals surface area contributed by atoms with Gasteiger partial charge in [-0.05, 0) is 42.3 Å². The maximum Gasteiger partial charge on any atom is 0.406 e. The van der Waals surface area contributed by atoms with E-state index in [4.69, 9.17) is 0 Å². The van der Waals surface area contributed by atoms with Crippen molar-refractivity contribution < 1.29 is 14.2 Å². The molecule has 0 aliphatic carbocycles. The van der Waals surface area contributed by atoms with Crippen LogP contribution < -0.4 is 15.6 Å². The molecule has 0 bridgehead atoms. The van der Waals surface area contributed by atoms with E-state index in [0.717, 1.165) is 0 Å². The van der Waals surface area contributed by atoms with Gasteiger partial charge in [0, 0.05) is 7.05 Å². The molecule has 3 N–H and O–H groups in total. The first-order valence-corrected chi connectivity index (χ1v) is 5.80. The molecule has 86 valence electrons. The van der Waals surface area contributed by atoms with Crippen LogP contribution in [0.5, 0.6) is 0 Å². The van der Waals surface area contributed by atoms with Crippen LogP contribution in [0.15, 0.2) is 24.3 Å². The number of nitrogens with one attached hydrogen (secondary N) is 3. The Morgan fingerprint density at radius 2 is 2.00 bits per heavy atom. The van der Waals surface area contributed by atoms with Gasteiger partial charge >= 0.3 is 11.2 Å². The van der Waals surface area contributed by atoms with E-state index in [1.54, 1.807) is 12.1 Å². The number of thioether (sulfide) groups is 1. The Kier molecular flexibility index (Phi) is 4.78. The average molecular weight is 242 g/mol. The summed E-state index contributed by atoms with van der Waals surface area (Å²) in [7, 11) is 1.53. The lowest BCUT2D eigenvalue weighted by Gasteiger charge is -1.98. The Morgan fingerprint density at radius 1 is 1.38 bits per heavy atom. The van der Waals surface area contributed by atoms with Crippen molar-refractivity contribution in [2.75, 3.05) is 13.3 Å². The molecule has 4 nitrogen and oxygen atoms in total. The number of amidine groups is 1. The van der Waals surface area contributed by atoms with Crippen LogP contribution in [0.3, 0.4) is 0 Å². The molecule has 0 radical (unpaired) electrons. The van der Waals surface area contributed by atoms with Gasteiger partial charge in [-0.25, -0.2) is 14.2 Å². The van der Waals surface area contributed by atoms with Crippen LogP contribution in [0.1, 0.15) is 0 Å². The highest BCUT2D eigenvalue weighted by Gasteiger charge is 2.10. The molecule has 0 spiro atoms. The minimum Gasteiger partial charge on any atom is -0.321 e. The largest absolute Gasteiger partial charge is 0.406 e. The second-order valence-corrected chi connectivity index (χ2v) is 3.69. The molecule has 0 aliphatic heterocycles. The molecule has 6 heteroatoms. The lowest BCUT2D eigenvalue weighted by molar-refractivity contribution is -0.352. The summed E-state index contributed by atoms with van der Waals surface area (Å²) in [4.78, 5) is 14.0. The molecule has 0 saturated carbocycles. The first-order valence-electron chi connectivity index (χ1n) is 4.58. The molecule has 0 heterocycles. The smallest absolute Gasteiger partial charge is 0.321 e. The summed E-state index contributed by atoms with van der Waals surface area (Å²) >= 11 is 1.35. The number of carbonyl (C=O) groups is 1. The van der Waals surface area contributed by atoms with Crippen LogP contribution in [-0.2, 0) is 0 Å². The van der Waals surface area contributed by atoms with E-state index < -0.39 is 0 Å². The van der Waals surface area contributed by atoms with E-state index in [0.29, 0.717) is 10.9 Å². The summed E-state index contributed by atoms with van der Waals surface area (Å²) in [6.07, 6.45) is 1.82. The second-order valence-electron chi connectivity index (χ2n) is 2.87. The molecule has 1 aromatic carbocycles. The SMILES string of the molecule is CNC(=O)NC(=[NH+]c1ccc(F)cc1)SC. The van der Waals surface area contributed by atoms with E-state index in [2.05, 4.69) is 15.6 Å². The third kappa shape index (κ3) is 3.90. The van der Waals surface area contributed by atoms with Crippen LogP contribution in [0.2, 0.25) is 0 Å². The van der Waals surface area contributed by atoms with Gasteiger partial charge in [0.05, 0.1) is 0 Å². The Morgan fingerprint density at radius 3 is 2.50 bits per heavy atom. The highest BCUT2D eigenvalue weighted by Crippen LogP contribution is 2.01. The van der Waals surface area contributed by atoms with Crippen molar-refractivity contribution >= 4 is 28.6 Å². The average Bonchev–Trinajstić information content (AvgIpc) is 2.30. The number of benzene rings is 1. The van der Waals surface area contributed by atoms with Gasteiger partial charge in [-0.3, -0.25) is 0 Å². The van der Waals surface area contributed by atoms with Crippen LogP contribution in [0, 0.1) is 5.82 Å². The van der Waals surface area contributed by atoms with Gasteiger partial charge in [0.25, 0.3) is 0 Å². The molecule has 0 fully saturated rings. The van der Waals surface area contributed by atoms with Gasteiger partial charge in [0.2, 0.25) is 0 Å². The van der Waals surface area contributed by atoms with Gasteiger partial charge in [0.15, 0.2) is 0 Å². The number of hydrogen-bond acceptors (Lipinski definition) is 2. The minimum atomic E-state index is -0.307. The Bertz CT molecular complexity index is 392. The van der Waals surface area contributed by atoms with Crippen LogP contribution in [-0.4, -0.2) is 24.5 Å². The van der Waals surface area contributed by atoms with E-state index in [1.165, 1.54) is 30.9 Å². The van der Waals surface area contributed by atoms with Gasteiger partial charge < -0.3 is 5.32 Å². The molecule has 1 aromatic rings. The maximum atomic E-state index is 12.7. The predicted molar refractivity (Wildman–Crippen MR) is 63.1 cm³/mol. The number of rotatable bonds is 1. The second kappa shape index (κ2) is 6.12. The van der Waals surface area contributed by atoms with Gasteiger partial charge in [0.1, 0.15) is 11.5 Å². The first kappa shape index (κ1) is 12.5.